The first-order valence-electron chi connectivity index (χ1n) is 4.51. The number of rotatable bonds is 4. The summed E-state index contributed by atoms with van der Waals surface area (Å²) in [4.78, 5) is 12.7. The van der Waals surface area contributed by atoms with Crippen LogP contribution in [0, 0.1) is 0 Å². The van der Waals surface area contributed by atoms with Crippen LogP contribution in [0.25, 0.3) is 0 Å². The number of hydrogen-bond acceptors (Lipinski definition) is 3. The number of aromatic amines is 1. The molecule has 0 amide bonds. The fraction of sp³-hybridized carbons (Fsp3) is 0.556. The van der Waals surface area contributed by atoms with Gasteiger partial charge in [0.25, 0.3) is 5.56 Å². The number of unbranched alkanes of at least 4 members (excludes halogenated alkanes) is 1. The van der Waals surface area contributed by atoms with E-state index in [2.05, 4.69) is 17.1 Å². The summed E-state index contributed by atoms with van der Waals surface area (Å²) in [5.74, 6) is 0.813. The minimum atomic E-state index is -0.160. The maximum Gasteiger partial charge on any atom is 0.264 e. The smallest absolute Gasteiger partial charge is 0.264 e. The van der Waals surface area contributed by atoms with Crippen molar-refractivity contribution in [2.75, 3.05) is 18.5 Å². The van der Waals surface area contributed by atoms with Crippen LogP contribution in [0.4, 0.5) is 5.82 Å². The summed E-state index contributed by atoms with van der Waals surface area (Å²) >= 11 is 0. The van der Waals surface area contributed by atoms with Gasteiger partial charge in [0.05, 0.1) is 0 Å². The molecular weight excluding hydrogens is 166 g/mol. The molecule has 0 unspecified atom stereocenters. The highest BCUT2D eigenvalue weighted by Crippen LogP contribution is 2.04. The highest BCUT2D eigenvalue weighted by molar-refractivity contribution is 5.34. The molecule has 13 heavy (non-hydrogen) atoms. The fourth-order valence-corrected chi connectivity index (χ4v) is 1.06. The molecule has 0 aromatic carbocycles. The number of H-pyrrole nitrogens is 1. The van der Waals surface area contributed by atoms with Crippen LogP contribution >= 0.6 is 0 Å². The molecule has 1 heterocycles. The number of nitrogens with zero attached hydrogens (tertiary/aromatic N) is 2. The molecule has 1 aromatic rings. The molecule has 0 saturated heterocycles. The van der Waals surface area contributed by atoms with E-state index in [0.29, 0.717) is 0 Å². The fourth-order valence-electron chi connectivity index (χ4n) is 1.06. The lowest BCUT2D eigenvalue weighted by atomic mass is 10.3. The second-order valence-electron chi connectivity index (χ2n) is 3.05. The molecule has 0 aliphatic carbocycles. The Morgan fingerprint density at radius 2 is 2.31 bits per heavy atom. The van der Waals surface area contributed by atoms with E-state index in [4.69, 9.17) is 0 Å². The van der Waals surface area contributed by atoms with Gasteiger partial charge >= 0.3 is 0 Å². The van der Waals surface area contributed by atoms with E-state index in [1.165, 1.54) is 6.07 Å². The average molecular weight is 181 g/mol. The molecule has 0 aliphatic heterocycles. The molecular formula is C9H15N3O. The lowest BCUT2D eigenvalue weighted by molar-refractivity contribution is 0.751. The van der Waals surface area contributed by atoms with Crippen LogP contribution in [-0.2, 0) is 0 Å². The zero-order chi connectivity index (χ0) is 9.68. The summed E-state index contributed by atoms with van der Waals surface area (Å²) in [5, 5.41) is 6.33. The van der Waals surface area contributed by atoms with Crippen molar-refractivity contribution in [1.29, 1.82) is 0 Å². The van der Waals surface area contributed by atoms with Crippen molar-refractivity contribution in [1.82, 2.24) is 10.2 Å². The van der Waals surface area contributed by atoms with E-state index in [1.807, 2.05) is 11.9 Å². The summed E-state index contributed by atoms with van der Waals surface area (Å²) in [5.41, 5.74) is -0.160. The molecule has 1 aromatic heterocycles. The lowest BCUT2D eigenvalue weighted by Gasteiger charge is -2.16. The van der Waals surface area contributed by atoms with Crippen LogP contribution in [0.3, 0.4) is 0 Å². The van der Waals surface area contributed by atoms with Crippen LogP contribution in [-0.4, -0.2) is 23.8 Å². The third kappa shape index (κ3) is 2.89. The Labute approximate surface area is 77.6 Å². The van der Waals surface area contributed by atoms with Crippen LogP contribution in [0.1, 0.15) is 19.8 Å². The molecule has 0 atom stereocenters. The third-order valence-electron chi connectivity index (χ3n) is 1.90. The molecule has 4 nitrogen and oxygen atoms in total. The van der Waals surface area contributed by atoms with E-state index in [0.717, 1.165) is 25.2 Å². The van der Waals surface area contributed by atoms with Gasteiger partial charge in [-0.05, 0) is 12.5 Å². The van der Waals surface area contributed by atoms with Gasteiger partial charge in [0.2, 0.25) is 0 Å². The lowest BCUT2D eigenvalue weighted by Crippen LogP contribution is -2.21. The molecule has 72 valence electrons. The zero-order valence-electron chi connectivity index (χ0n) is 8.08. The molecule has 0 spiro atoms. The summed E-state index contributed by atoms with van der Waals surface area (Å²) in [6.07, 6.45) is 2.30. The Hall–Kier alpha value is -1.32. The predicted octanol–water partition coefficient (Wildman–Crippen LogP) is 1.01. The summed E-state index contributed by atoms with van der Waals surface area (Å²) in [6, 6.07) is 3.22. The second kappa shape index (κ2) is 4.64. The first-order chi connectivity index (χ1) is 6.24. The van der Waals surface area contributed by atoms with Gasteiger partial charge in [-0.25, -0.2) is 5.10 Å². The van der Waals surface area contributed by atoms with Gasteiger partial charge in [0.15, 0.2) is 0 Å². The number of aromatic nitrogens is 2. The van der Waals surface area contributed by atoms with Gasteiger partial charge in [-0.2, -0.15) is 5.10 Å². The van der Waals surface area contributed by atoms with Crippen LogP contribution in [0.5, 0.6) is 0 Å². The number of nitrogens with one attached hydrogen (secondary N) is 1. The van der Waals surface area contributed by atoms with Crippen LogP contribution < -0.4 is 10.5 Å². The molecule has 0 bridgehead atoms. The third-order valence-corrected chi connectivity index (χ3v) is 1.90. The predicted molar refractivity (Wildman–Crippen MR) is 53.0 cm³/mol. The molecule has 0 fully saturated rings. The van der Waals surface area contributed by atoms with Crippen LogP contribution in [0.2, 0.25) is 0 Å². The molecule has 4 heteroatoms. The van der Waals surface area contributed by atoms with E-state index in [1.54, 1.807) is 6.07 Å². The number of anilines is 1. The standard InChI is InChI=1S/C9H15N3O/c1-3-4-7-12(2)8-5-6-9(13)11-10-8/h5-6H,3-4,7H2,1-2H3,(H,11,13). The Morgan fingerprint density at radius 1 is 1.54 bits per heavy atom. The average Bonchev–Trinajstić information content (AvgIpc) is 2.15. The molecule has 0 radical (unpaired) electrons. The van der Waals surface area contributed by atoms with Crippen molar-refractivity contribution in [2.45, 2.75) is 19.8 Å². The second-order valence-corrected chi connectivity index (χ2v) is 3.05. The van der Waals surface area contributed by atoms with Crippen LogP contribution in [0.15, 0.2) is 16.9 Å². The number of hydrogen-bond donors (Lipinski definition) is 1. The molecule has 0 saturated carbocycles. The highest BCUT2D eigenvalue weighted by Gasteiger charge is 2.00. The normalized spacial score (nSPS) is 10.0. The minimum absolute atomic E-state index is 0.160. The zero-order valence-corrected chi connectivity index (χ0v) is 8.08. The van der Waals surface area contributed by atoms with Gasteiger partial charge in [-0.15, -0.1) is 0 Å². The van der Waals surface area contributed by atoms with Gasteiger partial charge in [-0.1, -0.05) is 13.3 Å². The first kappa shape index (κ1) is 9.77. The van der Waals surface area contributed by atoms with E-state index < -0.39 is 0 Å². The van der Waals surface area contributed by atoms with Crippen molar-refractivity contribution in [3.63, 3.8) is 0 Å². The maximum atomic E-state index is 10.7. The quantitative estimate of drug-likeness (QED) is 0.754. The SMILES string of the molecule is CCCCN(C)c1ccc(=O)[nH]n1. The molecule has 0 aliphatic rings. The molecule has 1 N–H and O–H groups in total. The summed E-state index contributed by atoms with van der Waals surface area (Å²) in [7, 11) is 1.97. The Morgan fingerprint density at radius 3 is 2.85 bits per heavy atom. The van der Waals surface area contributed by atoms with E-state index >= 15 is 0 Å². The summed E-state index contributed by atoms with van der Waals surface area (Å²) < 4.78 is 0. The minimum Gasteiger partial charge on any atom is -0.358 e. The Balaban J connectivity index is 2.60. The van der Waals surface area contributed by atoms with Gasteiger partial charge in [0.1, 0.15) is 5.82 Å². The van der Waals surface area contributed by atoms with Crippen molar-refractivity contribution in [2.24, 2.45) is 0 Å². The Kier molecular flexibility index (Phi) is 3.49. The topological polar surface area (TPSA) is 49.0 Å². The van der Waals surface area contributed by atoms with Crippen molar-refractivity contribution >= 4 is 5.82 Å². The van der Waals surface area contributed by atoms with Crippen molar-refractivity contribution in [3.05, 3.63) is 22.5 Å². The highest BCUT2D eigenvalue weighted by atomic mass is 16.1. The van der Waals surface area contributed by atoms with Gasteiger partial charge in [0, 0.05) is 19.7 Å². The monoisotopic (exact) mass is 181 g/mol. The van der Waals surface area contributed by atoms with E-state index in [-0.39, 0.29) is 5.56 Å². The largest absolute Gasteiger partial charge is 0.358 e. The maximum absolute atomic E-state index is 10.7. The molecule has 1 rings (SSSR count). The van der Waals surface area contributed by atoms with Gasteiger partial charge < -0.3 is 4.90 Å². The summed E-state index contributed by atoms with van der Waals surface area (Å²) in [6.45, 7) is 3.11. The van der Waals surface area contributed by atoms with Crippen molar-refractivity contribution < 1.29 is 0 Å². The van der Waals surface area contributed by atoms with Crippen molar-refractivity contribution in [3.8, 4) is 0 Å². The first-order valence-corrected chi connectivity index (χ1v) is 4.51. The Bertz CT molecular complexity index is 287. The van der Waals surface area contributed by atoms with Gasteiger partial charge in [-0.3, -0.25) is 4.79 Å². The van der Waals surface area contributed by atoms with E-state index in [9.17, 15) is 4.79 Å².